The van der Waals surface area contributed by atoms with Crippen LogP contribution in [0.25, 0.3) is 0 Å². The monoisotopic (exact) mass is 210 g/mol. The first-order chi connectivity index (χ1) is 7.11. The fourth-order valence-electron chi connectivity index (χ4n) is 1.83. The van der Waals surface area contributed by atoms with Crippen molar-refractivity contribution in [3.63, 3.8) is 0 Å². The van der Waals surface area contributed by atoms with Crippen LogP contribution in [-0.4, -0.2) is 14.9 Å². The van der Waals surface area contributed by atoms with E-state index >= 15 is 0 Å². The van der Waals surface area contributed by atoms with E-state index < -0.39 is 0 Å². The summed E-state index contributed by atoms with van der Waals surface area (Å²) in [7, 11) is 0. The number of nitrogens with zero attached hydrogens (tertiary/aromatic N) is 2. The zero-order chi connectivity index (χ0) is 11.4. The molecule has 0 aromatic carbocycles. The molecule has 0 saturated heterocycles. The highest BCUT2D eigenvalue weighted by Gasteiger charge is 2.18. The maximum Gasteiger partial charge on any atom is 0.213 e. The van der Waals surface area contributed by atoms with E-state index in [4.69, 9.17) is 0 Å². The summed E-state index contributed by atoms with van der Waals surface area (Å²) in [5, 5.41) is 14.5. The largest absolute Gasteiger partial charge is 0.493 e. The number of rotatable bonds is 5. The molecule has 0 aliphatic carbocycles. The summed E-state index contributed by atoms with van der Waals surface area (Å²) in [5.74, 6) is 0.714. The number of aromatic nitrogens is 2. The molecule has 3 nitrogen and oxygen atoms in total. The molecule has 0 radical (unpaired) electrons. The fourth-order valence-corrected chi connectivity index (χ4v) is 1.83. The first-order valence-corrected chi connectivity index (χ1v) is 5.90. The van der Waals surface area contributed by atoms with Crippen LogP contribution in [0.15, 0.2) is 0 Å². The topological polar surface area (TPSA) is 38.0 Å². The lowest BCUT2D eigenvalue weighted by Crippen LogP contribution is -1.99. The second-order valence-corrected chi connectivity index (χ2v) is 4.27. The minimum atomic E-state index is 0.343. The number of aromatic hydroxyl groups is 1. The van der Waals surface area contributed by atoms with Crippen molar-refractivity contribution in [3.8, 4) is 5.88 Å². The van der Waals surface area contributed by atoms with Crippen molar-refractivity contribution < 1.29 is 5.11 Å². The quantitative estimate of drug-likeness (QED) is 0.811. The lowest BCUT2D eigenvalue weighted by Gasteiger charge is -2.05. The van der Waals surface area contributed by atoms with Crippen LogP contribution >= 0.6 is 0 Å². The SMILES string of the molecule is CCCCn1nc(CC)c(C(C)C)c1O. The molecular formula is C12H22N2O. The smallest absolute Gasteiger partial charge is 0.213 e. The van der Waals surface area contributed by atoms with E-state index in [1.165, 1.54) is 0 Å². The van der Waals surface area contributed by atoms with Gasteiger partial charge in [0.2, 0.25) is 5.88 Å². The third-order valence-electron chi connectivity index (χ3n) is 2.67. The third kappa shape index (κ3) is 2.52. The van der Waals surface area contributed by atoms with Crippen LogP contribution in [0.1, 0.15) is 57.7 Å². The minimum absolute atomic E-state index is 0.343. The van der Waals surface area contributed by atoms with E-state index in [1.54, 1.807) is 4.68 Å². The lowest BCUT2D eigenvalue weighted by molar-refractivity contribution is 0.387. The van der Waals surface area contributed by atoms with Gasteiger partial charge in [0, 0.05) is 12.1 Å². The Morgan fingerprint density at radius 2 is 2.00 bits per heavy atom. The molecule has 0 fully saturated rings. The molecule has 3 heteroatoms. The number of hydrogen-bond acceptors (Lipinski definition) is 2. The van der Waals surface area contributed by atoms with E-state index in [0.29, 0.717) is 11.8 Å². The molecule has 1 rings (SSSR count). The molecule has 0 aliphatic rings. The highest BCUT2D eigenvalue weighted by atomic mass is 16.3. The predicted octanol–water partition coefficient (Wildman–Crippen LogP) is 3.07. The van der Waals surface area contributed by atoms with E-state index in [0.717, 1.165) is 37.1 Å². The summed E-state index contributed by atoms with van der Waals surface area (Å²) < 4.78 is 1.75. The number of hydrogen-bond donors (Lipinski definition) is 1. The van der Waals surface area contributed by atoms with Crippen LogP contribution in [0, 0.1) is 0 Å². The van der Waals surface area contributed by atoms with Gasteiger partial charge in [-0.25, -0.2) is 4.68 Å². The van der Waals surface area contributed by atoms with Gasteiger partial charge in [0.1, 0.15) is 0 Å². The predicted molar refractivity (Wildman–Crippen MR) is 62.3 cm³/mol. The molecule has 0 spiro atoms. The van der Waals surface area contributed by atoms with Gasteiger partial charge in [0.25, 0.3) is 0 Å². The Morgan fingerprint density at radius 1 is 1.33 bits per heavy atom. The fraction of sp³-hybridized carbons (Fsp3) is 0.750. The Hall–Kier alpha value is -0.990. The molecule has 0 amide bonds. The van der Waals surface area contributed by atoms with Crippen molar-refractivity contribution in [2.75, 3.05) is 0 Å². The van der Waals surface area contributed by atoms with E-state index in [-0.39, 0.29) is 0 Å². The van der Waals surface area contributed by atoms with Crippen molar-refractivity contribution in [3.05, 3.63) is 11.3 Å². The van der Waals surface area contributed by atoms with Gasteiger partial charge in [-0.05, 0) is 18.8 Å². The van der Waals surface area contributed by atoms with Crippen molar-refractivity contribution in [2.45, 2.75) is 59.4 Å². The van der Waals surface area contributed by atoms with Crippen LogP contribution in [0.2, 0.25) is 0 Å². The Labute approximate surface area is 92.1 Å². The van der Waals surface area contributed by atoms with Crippen LogP contribution in [0.5, 0.6) is 5.88 Å². The summed E-state index contributed by atoms with van der Waals surface area (Å²) in [5.41, 5.74) is 2.06. The first kappa shape index (κ1) is 12.1. The second kappa shape index (κ2) is 5.19. The highest BCUT2D eigenvalue weighted by Crippen LogP contribution is 2.29. The number of unbranched alkanes of at least 4 members (excludes halogenated alkanes) is 1. The average molecular weight is 210 g/mol. The summed E-state index contributed by atoms with van der Waals surface area (Å²) in [6.45, 7) is 9.24. The van der Waals surface area contributed by atoms with E-state index in [9.17, 15) is 5.11 Å². The summed E-state index contributed by atoms with van der Waals surface area (Å²) >= 11 is 0. The zero-order valence-electron chi connectivity index (χ0n) is 10.2. The Kier molecular flexibility index (Phi) is 4.18. The first-order valence-electron chi connectivity index (χ1n) is 5.90. The van der Waals surface area contributed by atoms with Crippen LogP contribution in [0.4, 0.5) is 0 Å². The highest BCUT2D eigenvalue weighted by molar-refractivity contribution is 5.33. The zero-order valence-corrected chi connectivity index (χ0v) is 10.2. The van der Waals surface area contributed by atoms with Gasteiger partial charge in [-0.15, -0.1) is 0 Å². The second-order valence-electron chi connectivity index (χ2n) is 4.27. The molecule has 0 saturated carbocycles. The molecule has 86 valence electrons. The van der Waals surface area contributed by atoms with Gasteiger partial charge in [-0.2, -0.15) is 5.10 Å². The van der Waals surface area contributed by atoms with Crippen molar-refractivity contribution in [1.29, 1.82) is 0 Å². The minimum Gasteiger partial charge on any atom is -0.493 e. The van der Waals surface area contributed by atoms with Crippen molar-refractivity contribution >= 4 is 0 Å². The molecule has 1 heterocycles. The molecule has 0 bridgehead atoms. The summed E-state index contributed by atoms with van der Waals surface area (Å²) in [6, 6.07) is 0. The Balaban J connectivity index is 2.99. The van der Waals surface area contributed by atoms with Crippen molar-refractivity contribution in [1.82, 2.24) is 9.78 Å². The third-order valence-corrected chi connectivity index (χ3v) is 2.67. The van der Waals surface area contributed by atoms with Crippen LogP contribution in [-0.2, 0) is 13.0 Å². The van der Waals surface area contributed by atoms with Gasteiger partial charge in [-0.3, -0.25) is 0 Å². The Bertz CT molecular complexity index is 316. The Morgan fingerprint density at radius 3 is 2.40 bits per heavy atom. The molecule has 1 aromatic rings. The number of aryl methyl sites for hydroxylation is 2. The summed E-state index contributed by atoms with van der Waals surface area (Å²) in [6.07, 6.45) is 3.08. The normalized spacial score (nSPS) is 11.3. The van der Waals surface area contributed by atoms with Gasteiger partial charge >= 0.3 is 0 Å². The molecule has 1 N–H and O–H groups in total. The molecular weight excluding hydrogens is 188 g/mol. The van der Waals surface area contributed by atoms with Gasteiger partial charge in [-0.1, -0.05) is 34.1 Å². The standard InChI is InChI=1S/C12H22N2O/c1-5-7-8-14-12(15)11(9(3)4)10(6-2)13-14/h9,15H,5-8H2,1-4H3. The molecule has 0 atom stereocenters. The van der Waals surface area contributed by atoms with E-state index in [2.05, 4.69) is 32.8 Å². The van der Waals surface area contributed by atoms with Gasteiger partial charge < -0.3 is 5.11 Å². The van der Waals surface area contributed by atoms with Gasteiger partial charge in [0.05, 0.1) is 5.69 Å². The molecule has 0 unspecified atom stereocenters. The molecule has 1 aromatic heterocycles. The van der Waals surface area contributed by atoms with Crippen molar-refractivity contribution in [2.24, 2.45) is 0 Å². The van der Waals surface area contributed by atoms with Crippen LogP contribution in [0.3, 0.4) is 0 Å². The van der Waals surface area contributed by atoms with Gasteiger partial charge in [0.15, 0.2) is 0 Å². The average Bonchev–Trinajstić information content (AvgIpc) is 2.52. The maximum absolute atomic E-state index is 10.0. The van der Waals surface area contributed by atoms with Crippen LogP contribution < -0.4 is 0 Å². The summed E-state index contributed by atoms with van der Waals surface area (Å²) in [4.78, 5) is 0. The molecule has 0 aliphatic heterocycles. The lowest BCUT2D eigenvalue weighted by atomic mass is 10.0. The maximum atomic E-state index is 10.0. The van der Waals surface area contributed by atoms with E-state index in [1.807, 2.05) is 0 Å². The molecule has 15 heavy (non-hydrogen) atoms.